The third kappa shape index (κ3) is 3.03. The number of nitrogens with one attached hydrogen (secondary N) is 1. The van der Waals surface area contributed by atoms with E-state index in [-0.39, 0.29) is 5.82 Å². The summed E-state index contributed by atoms with van der Waals surface area (Å²) in [6.45, 7) is 4.22. The van der Waals surface area contributed by atoms with Crippen LogP contribution in [0.25, 0.3) is 0 Å². The topological polar surface area (TPSA) is 21.3 Å². The van der Waals surface area contributed by atoms with Crippen molar-refractivity contribution in [2.24, 2.45) is 0 Å². The van der Waals surface area contributed by atoms with Crippen molar-refractivity contribution in [3.05, 3.63) is 35.1 Å². The normalized spacial score (nSPS) is 17.6. The molecule has 0 spiro atoms. The summed E-state index contributed by atoms with van der Waals surface area (Å²) in [5.41, 5.74) is 1.86. The molecule has 2 nitrogen and oxygen atoms in total. The van der Waals surface area contributed by atoms with Crippen molar-refractivity contribution in [1.82, 2.24) is 5.32 Å². The van der Waals surface area contributed by atoms with E-state index in [2.05, 4.69) is 5.32 Å². The summed E-state index contributed by atoms with van der Waals surface area (Å²) in [6, 6.07) is 5.71. The van der Waals surface area contributed by atoms with Crippen LogP contribution in [0.2, 0.25) is 0 Å². The highest BCUT2D eigenvalue weighted by molar-refractivity contribution is 5.23. The quantitative estimate of drug-likeness (QED) is 0.849. The average molecular weight is 223 g/mol. The Morgan fingerprint density at radius 1 is 1.38 bits per heavy atom. The lowest BCUT2D eigenvalue weighted by atomic mass is 10.1. The molecule has 0 atom stereocenters. The minimum atomic E-state index is -0.120. The lowest BCUT2D eigenvalue weighted by Crippen LogP contribution is -2.34. The van der Waals surface area contributed by atoms with Gasteiger partial charge < -0.3 is 10.1 Å². The fourth-order valence-electron chi connectivity index (χ4n) is 1.99. The monoisotopic (exact) mass is 223 g/mol. The molecule has 16 heavy (non-hydrogen) atoms. The number of halogens is 1. The molecule has 1 fully saturated rings. The summed E-state index contributed by atoms with van der Waals surface area (Å²) < 4.78 is 18.7. The number of aryl methyl sites for hydroxylation is 1. The first kappa shape index (κ1) is 11.6. The van der Waals surface area contributed by atoms with Crippen molar-refractivity contribution < 1.29 is 9.13 Å². The Morgan fingerprint density at radius 3 is 2.88 bits per heavy atom. The van der Waals surface area contributed by atoms with E-state index in [0.29, 0.717) is 12.6 Å². The molecule has 0 aliphatic carbocycles. The largest absolute Gasteiger partial charge is 0.381 e. The van der Waals surface area contributed by atoms with Gasteiger partial charge in [0.05, 0.1) is 0 Å². The molecule has 0 bridgehead atoms. The van der Waals surface area contributed by atoms with E-state index >= 15 is 0 Å². The van der Waals surface area contributed by atoms with Gasteiger partial charge in [0.25, 0.3) is 0 Å². The molecule has 0 amide bonds. The maximum absolute atomic E-state index is 13.5. The van der Waals surface area contributed by atoms with Crippen molar-refractivity contribution in [3.63, 3.8) is 0 Å². The third-order valence-corrected chi connectivity index (χ3v) is 3.00. The van der Waals surface area contributed by atoms with Gasteiger partial charge in [-0.1, -0.05) is 17.7 Å². The number of ether oxygens (including phenoxy) is 1. The van der Waals surface area contributed by atoms with Gasteiger partial charge in [0, 0.05) is 31.4 Å². The standard InChI is InChI=1S/C13H18FNO/c1-10-2-3-13(14)11(8-10)9-15-12-4-6-16-7-5-12/h2-3,8,12,15H,4-7,9H2,1H3. The van der Waals surface area contributed by atoms with E-state index in [1.807, 2.05) is 13.0 Å². The Hall–Kier alpha value is -0.930. The van der Waals surface area contributed by atoms with Crippen LogP contribution in [-0.4, -0.2) is 19.3 Å². The highest BCUT2D eigenvalue weighted by atomic mass is 19.1. The van der Waals surface area contributed by atoms with Crippen molar-refractivity contribution in [2.45, 2.75) is 32.4 Å². The fraction of sp³-hybridized carbons (Fsp3) is 0.538. The molecule has 0 unspecified atom stereocenters. The molecule has 1 aromatic rings. The Morgan fingerprint density at radius 2 is 2.12 bits per heavy atom. The molecule has 1 N–H and O–H groups in total. The van der Waals surface area contributed by atoms with Crippen LogP contribution in [-0.2, 0) is 11.3 Å². The van der Waals surface area contributed by atoms with E-state index in [0.717, 1.165) is 37.2 Å². The third-order valence-electron chi connectivity index (χ3n) is 3.00. The van der Waals surface area contributed by atoms with Crippen molar-refractivity contribution in [3.8, 4) is 0 Å². The van der Waals surface area contributed by atoms with Crippen LogP contribution >= 0.6 is 0 Å². The van der Waals surface area contributed by atoms with Gasteiger partial charge in [-0.25, -0.2) is 4.39 Å². The predicted octanol–water partition coefficient (Wildman–Crippen LogP) is 2.40. The highest BCUT2D eigenvalue weighted by Crippen LogP contribution is 2.12. The van der Waals surface area contributed by atoms with Crippen LogP contribution in [0.4, 0.5) is 4.39 Å². The molecule has 2 rings (SSSR count). The lowest BCUT2D eigenvalue weighted by molar-refractivity contribution is 0.0775. The second-order valence-corrected chi connectivity index (χ2v) is 4.36. The summed E-state index contributed by atoms with van der Waals surface area (Å²) in [5, 5.41) is 3.39. The van der Waals surface area contributed by atoms with E-state index in [9.17, 15) is 4.39 Å². The minimum Gasteiger partial charge on any atom is -0.381 e. The number of hydrogen-bond donors (Lipinski definition) is 1. The molecule has 0 radical (unpaired) electrons. The van der Waals surface area contributed by atoms with Gasteiger partial charge in [-0.15, -0.1) is 0 Å². The van der Waals surface area contributed by atoms with Gasteiger partial charge >= 0.3 is 0 Å². The van der Waals surface area contributed by atoms with Crippen LogP contribution in [0.3, 0.4) is 0 Å². The minimum absolute atomic E-state index is 0.120. The number of benzene rings is 1. The SMILES string of the molecule is Cc1ccc(F)c(CNC2CCOCC2)c1. The van der Waals surface area contributed by atoms with Gasteiger partial charge in [0.15, 0.2) is 0 Å². The van der Waals surface area contributed by atoms with E-state index < -0.39 is 0 Å². The Bertz CT molecular complexity index is 348. The van der Waals surface area contributed by atoms with Crippen LogP contribution in [0, 0.1) is 12.7 Å². The van der Waals surface area contributed by atoms with Gasteiger partial charge in [-0.05, 0) is 25.8 Å². The van der Waals surface area contributed by atoms with Gasteiger partial charge in [0.2, 0.25) is 0 Å². The molecule has 3 heteroatoms. The zero-order chi connectivity index (χ0) is 11.4. The Labute approximate surface area is 95.8 Å². The van der Waals surface area contributed by atoms with E-state index in [1.54, 1.807) is 6.07 Å². The highest BCUT2D eigenvalue weighted by Gasteiger charge is 2.13. The molecule has 1 aromatic carbocycles. The van der Waals surface area contributed by atoms with Crippen molar-refractivity contribution in [1.29, 1.82) is 0 Å². The summed E-state index contributed by atoms with van der Waals surface area (Å²) in [6.07, 6.45) is 2.04. The van der Waals surface area contributed by atoms with E-state index in [4.69, 9.17) is 4.74 Å². The van der Waals surface area contributed by atoms with Crippen molar-refractivity contribution in [2.75, 3.05) is 13.2 Å². The molecule has 1 heterocycles. The lowest BCUT2D eigenvalue weighted by Gasteiger charge is -2.23. The predicted molar refractivity (Wildman–Crippen MR) is 61.8 cm³/mol. The molecule has 1 aliphatic heterocycles. The first-order chi connectivity index (χ1) is 7.75. The zero-order valence-corrected chi connectivity index (χ0v) is 9.63. The summed E-state index contributed by atoms with van der Waals surface area (Å²) in [4.78, 5) is 0. The molecule has 88 valence electrons. The summed E-state index contributed by atoms with van der Waals surface area (Å²) in [7, 11) is 0. The second kappa shape index (κ2) is 5.41. The zero-order valence-electron chi connectivity index (χ0n) is 9.63. The van der Waals surface area contributed by atoms with Crippen LogP contribution in [0.15, 0.2) is 18.2 Å². The molecular weight excluding hydrogens is 205 g/mol. The van der Waals surface area contributed by atoms with Crippen LogP contribution in [0.1, 0.15) is 24.0 Å². The molecular formula is C13H18FNO. The molecule has 0 aromatic heterocycles. The summed E-state index contributed by atoms with van der Waals surface area (Å²) in [5.74, 6) is -0.120. The van der Waals surface area contributed by atoms with Crippen molar-refractivity contribution >= 4 is 0 Å². The Kier molecular flexibility index (Phi) is 3.91. The summed E-state index contributed by atoms with van der Waals surface area (Å²) >= 11 is 0. The maximum Gasteiger partial charge on any atom is 0.127 e. The van der Waals surface area contributed by atoms with E-state index in [1.165, 1.54) is 6.07 Å². The Balaban J connectivity index is 1.90. The second-order valence-electron chi connectivity index (χ2n) is 4.36. The average Bonchev–Trinajstić information content (AvgIpc) is 2.32. The van der Waals surface area contributed by atoms with Crippen LogP contribution < -0.4 is 5.32 Å². The first-order valence-corrected chi connectivity index (χ1v) is 5.82. The number of rotatable bonds is 3. The fourth-order valence-corrected chi connectivity index (χ4v) is 1.99. The van der Waals surface area contributed by atoms with Gasteiger partial charge in [-0.3, -0.25) is 0 Å². The first-order valence-electron chi connectivity index (χ1n) is 5.82. The number of hydrogen-bond acceptors (Lipinski definition) is 2. The molecule has 0 saturated carbocycles. The van der Waals surface area contributed by atoms with Crippen LogP contribution in [0.5, 0.6) is 0 Å². The van der Waals surface area contributed by atoms with Gasteiger partial charge in [-0.2, -0.15) is 0 Å². The maximum atomic E-state index is 13.5. The smallest absolute Gasteiger partial charge is 0.127 e. The van der Waals surface area contributed by atoms with Gasteiger partial charge in [0.1, 0.15) is 5.82 Å². The molecule has 1 saturated heterocycles. The molecule has 1 aliphatic rings.